The summed E-state index contributed by atoms with van der Waals surface area (Å²) >= 11 is 1.39. The van der Waals surface area contributed by atoms with E-state index in [0.717, 1.165) is 12.1 Å². The predicted molar refractivity (Wildman–Crippen MR) is 91.9 cm³/mol. The number of carbonyl (C=O) groups is 3. The highest BCUT2D eigenvalue weighted by Crippen LogP contribution is 2.41. The van der Waals surface area contributed by atoms with Crippen LogP contribution in [0.2, 0.25) is 0 Å². The van der Waals surface area contributed by atoms with Crippen molar-refractivity contribution in [3.63, 3.8) is 0 Å². The van der Waals surface area contributed by atoms with E-state index in [4.69, 9.17) is 9.15 Å². The lowest BCUT2D eigenvalue weighted by Crippen LogP contribution is -2.43. The van der Waals surface area contributed by atoms with Crippen LogP contribution in [0.5, 0.6) is 0 Å². The number of ether oxygens (including phenoxy) is 1. The smallest absolute Gasteiger partial charge is 0.330 e. The van der Waals surface area contributed by atoms with E-state index >= 15 is 0 Å². The molecule has 8 heteroatoms. The van der Waals surface area contributed by atoms with Crippen molar-refractivity contribution < 1.29 is 27.9 Å². The zero-order valence-electron chi connectivity index (χ0n) is 13.9. The molecule has 2 atom stereocenters. The van der Waals surface area contributed by atoms with Crippen molar-refractivity contribution in [3.05, 3.63) is 59.8 Å². The van der Waals surface area contributed by atoms with Crippen LogP contribution in [0.4, 0.5) is 4.39 Å². The Labute approximate surface area is 153 Å². The van der Waals surface area contributed by atoms with Gasteiger partial charge in [-0.2, -0.15) is 0 Å². The Morgan fingerprint density at radius 1 is 1.27 bits per heavy atom. The summed E-state index contributed by atoms with van der Waals surface area (Å²) in [7, 11) is 0. The molecule has 136 valence electrons. The average molecular weight is 377 g/mol. The second-order valence-corrected chi connectivity index (χ2v) is 6.79. The number of hydrogen-bond donors (Lipinski definition) is 0. The summed E-state index contributed by atoms with van der Waals surface area (Å²) in [6.45, 7) is 0.897. The average Bonchev–Trinajstić information content (AvgIpc) is 3.28. The molecule has 0 spiro atoms. The first-order valence-corrected chi connectivity index (χ1v) is 8.91. The van der Waals surface area contributed by atoms with Gasteiger partial charge in [-0.3, -0.25) is 9.59 Å². The second-order valence-electron chi connectivity index (χ2n) is 5.68. The minimum absolute atomic E-state index is 0.247. The maximum Gasteiger partial charge on any atom is 0.330 e. The molecule has 1 aromatic heterocycles. The van der Waals surface area contributed by atoms with Gasteiger partial charge in [0.05, 0.1) is 6.26 Å². The molecule has 6 nitrogen and oxygen atoms in total. The van der Waals surface area contributed by atoms with E-state index in [0.29, 0.717) is 11.5 Å². The third kappa shape index (κ3) is 3.80. The third-order valence-corrected chi connectivity index (χ3v) is 5.22. The zero-order valence-corrected chi connectivity index (χ0v) is 14.7. The summed E-state index contributed by atoms with van der Waals surface area (Å²) in [5, 5.41) is -0.409. The number of nitrogens with zero attached hydrogens (tertiary/aromatic N) is 1. The van der Waals surface area contributed by atoms with Gasteiger partial charge in [-0.15, -0.1) is 11.8 Å². The number of halogens is 1. The number of benzene rings is 1. The minimum Gasteiger partial charge on any atom is -0.466 e. The lowest BCUT2D eigenvalue weighted by atomic mass is 10.1. The Hall–Kier alpha value is -2.61. The van der Waals surface area contributed by atoms with E-state index in [1.54, 1.807) is 12.1 Å². The van der Waals surface area contributed by atoms with E-state index in [-0.39, 0.29) is 11.5 Å². The molecule has 0 N–H and O–H groups in total. The first kappa shape index (κ1) is 18.2. The molecule has 2 heterocycles. The summed E-state index contributed by atoms with van der Waals surface area (Å²) in [6, 6.07) is 7.62. The van der Waals surface area contributed by atoms with Crippen molar-refractivity contribution in [2.75, 3.05) is 12.4 Å². The first-order chi connectivity index (χ1) is 12.5. The maximum absolute atomic E-state index is 12.9. The van der Waals surface area contributed by atoms with E-state index in [9.17, 15) is 18.8 Å². The van der Waals surface area contributed by atoms with Crippen molar-refractivity contribution in [1.29, 1.82) is 0 Å². The fraction of sp³-hybridized carbons (Fsp3) is 0.278. The molecule has 1 aliphatic rings. The van der Waals surface area contributed by atoms with Crippen LogP contribution in [0, 0.1) is 5.82 Å². The summed E-state index contributed by atoms with van der Waals surface area (Å²) in [4.78, 5) is 37.9. The van der Waals surface area contributed by atoms with Crippen LogP contribution in [0.3, 0.4) is 0 Å². The maximum atomic E-state index is 12.9. The Morgan fingerprint density at radius 3 is 2.62 bits per heavy atom. The fourth-order valence-corrected chi connectivity index (χ4v) is 4.09. The van der Waals surface area contributed by atoms with E-state index in [2.05, 4.69) is 0 Å². The Morgan fingerprint density at radius 2 is 2.00 bits per heavy atom. The fourth-order valence-electron chi connectivity index (χ4n) is 2.68. The van der Waals surface area contributed by atoms with Gasteiger partial charge in [0.15, 0.2) is 12.4 Å². The summed E-state index contributed by atoms with van der Waals surface area (Å²) in [5.74, 6) is -0.930. The molecule has 0 radical (unpaired) electrons. The number of esters is 1. The monoisotopic (exact) mass is 377 g/mol. The van der Waals surface area contributed by atoms with Crippen LogP contribution in [0.1, 0.15) is 28.4 Å². The Balaban J connectivity index is 1.64. The Kier molecular flexibility index (Phi) is 5.41. The number of rotatable bonds is 5. The van der Waals surface area contributed by atoms with Crippen LogP contribution in [-0.4, -0.2) is 41.0 Å². The van der Waals surface area contributed by atoms with Crippen molar-refractivity contribution in [3.8, 4) is 0 Å². The standard InChI is InChI=1S/C18H16FNO5S/c1-11(21)20-14(10-26-17(20)16-3-2-8-24-16)18(23)25-9-15(22)12-4-6-13(19)7-5-12/h2-8,14,17H,9-10H2,1H3/t14-,17-/m1/s1. The first-order valence-electron chi connectivity index (χ1n) is 7.86. The van der Waals surface area contributed by atoms with Gasteiger partial charge in [-0.1, -0.05) is 0 Å². The number of furan rings is 1. The number of Topliss-reactive ketones (excluding diaryl/α,β-unsaturated/α-hetero) is 1. The van der Waals surface area contributed by atoms with E-state index in [1.807, 2.05) is 0 Å². The molecule has 0 saturated carbocycles. The number of hydrogen-bond acceptors (Lipinski definition) is 6. The van der Waals surface area contributed by atoms with Gasteiger partial charge in [0.2, 0.25) is 5.91 Å². The largest absolute Gasteiger partial charge is 0.466 e. The van der Waals surface area contributed by atoms with Crippen molar-refractivity contribution >= 4 is 29.4 Å². The minimum atomic E-state index is -0.798. The van der Waals surface area contributed by atoms with Gasteiger partial charge in [0, 0.05) is 18.2 Å². The molecule has 26 heavy (non-hydrogen) atoms. The number of thioether (sulfide) groups is 1. The topological polar surface area (TPSA) is 76.8 Å². The summed E-state index contributed by atoms with van der Waals surface area (Å²) in [6.07, 6.45) is 1.50. The molecule has 0 bridgehead atoms. The highest BCUT2D eigenvalue weighted by atomic mass is 32.2. The normalized spacial score (nSPS) is 19.4. The zero-order chi connectivity index (χ0) is 18.7. The number of ketones is 1. The summed E-state index contributed by atoms with van der Waals surface area (Å²) < 4.78 is 23.3. The highest BCUT2D eigenvalue weighted by molar-refractivity contribution is 7.99. The van der Waals surface area contributed by atoms with Crippen LogP contribution in [-0.2, 0) is 14.3 Å². The predicted octanol–water partition coefficient (Wildman–Crippen LogP) is 2.81. The Bertz CT molecular complexity index is 805. The van der Waals surface area contributed by atoms with Crippen molar-refractivity contribution in [2.45, 2.75) is 18.3 Å². The van der Waals surface area contributed by atoms with Crippen LogP contribution >= 0.6 is 11.8 Å². The van der Waals surface area contributed by atoms with Crippen LogP contribution < -0.4 is 0 Å². The van der Waals surface area contributed by atoms with Gasteiger partial charge in [-0.05, 0) is 36.4 Å². The van der Waals surface area contributed by atoms with Gasteiger partial charge in [0.25, 0.3) is 0 Å². The molecule has 3 rings (SSSR count). The van der Waals surface area contributed by atoms with Crippen molar-refractivity contribution in [2.24, 2.45) is 0 Å². The molecule has 0 unspecified atom stereocenters. The van der Waals surface area contributed by atoms with Gasteiger partial charge < -0.3 is 14.1 Å². The summed E-state index contributed by atoms with van der Waals surface area (Å²) in [5.41, 5.74) is 0.247. The number of amides is 1. The van der Waals surface area contributed by atoms with E-state index < -0.39 is 35.6 Å². The molecule has 1 fully saturated rings. The highest BCUT2D eigenvalue weighted by Gasteiger charge is 2.43. The molecular formula is C18H16FNO5S. The molecule has 1 aromatic carbocycles. The molecular weight excluding hydrogens is 361 g/mol. The van der Waals surface area contributed by atoms with Gasteiger partial charge in [-0.25, -0.2) is 9.18 Å². The van der Waals surface area contributed by atoms with E-state index in [1.165, 1.54) is 42.0 Å². The molecule has 1 amide bonds. The second kappa shape index (κ2) is 7.74. The number of carbonyl (C=O) groups excluding carboxylic acids is 3. The quantitative estimate of drug-likeness (QED) is 0.589. The lowest BCUT2D eigenvalue weighted by molar-refractivity contribution is -0.152. The molecule has 0 aliphatic carbocycles. The van der Waals surface area contributed by atoms with Crippen molar-refractivity contribution in [1.82, 2.24) is 4.90 Å². The van der Waals surface area contributed by atoms with Gasteiger partial charge >= 0.3 is 5.97 Å². The van der Waals surface area contributed by atoms with Crippen LogP contribution in [0.15, 0.2) is 47.1 Å². The SMILES string of the molecule is CC(=O)N1[C@@H](C(=O)OCC(=O)c2ccc(F)cc2)CS[C@@H]1c1ccco1. The molecule has 2 aromatic rings. The lowest BCUT2D eigenvalue weighted by Gasteiger charge is -2.25. The third-order valence-electron chi connectivity index (χ3n) is 3.93. The van der Waals surface area contributed by atoms with Crippen LogP contribution in [0.25, 0.3) is 0 Å². The molecule has 1 aliphatic heterocycles. The van der Waals surface area contributed by atoms with Gasteiger partial charge in [0.1, 0.15) is 23.0 Å². The molecule has 1 saturated heterocycles.